The molecule has 1 atom stereocenters. The fourth-order valence-corrected chi connectivity index (χ4v) is 1.87. The lowest BCUT2D eigenvalue weighted by atomic mass is 10.0. The molecule has 1 aliphatic heterocycles. The van der Waals surface area contributed by atoms with Crippen LogP contribution >= 0.6 is 0 Å². The minimum atomic E-state index is 0.153. The standard InChI is InChI=1S/C10H19N3/c1-9(7-11)8-13(2)10-3-5-12-6-4-10/h9-10,12H,3-6,8H2,1-2H3. The molecule has 1 fully saturated rings. The van der Waals surface area contributed by atoms with Crippen LogP contribution in [0.25, 0.3) is 0 Å². The Morgan fingerprint density at radius 2 is 2.15 bits per heavy atom. The molecule has 3 heteroatoms. The van der Waals surface area contributed by atoms with E-state index in [1.54, 1.807) is 0 Å². The summed E-state index contributed by atoms with van der Waals surface area (Å²) in [4.78, 5) is 2.33. The summed E-state index contributed by atoms with van der Waals surface area (Å²) < 4.78 is 0. The molecule has 1 unspecified atom stereocenters. The number of nitrogens with zero attached hydrogens (tertiary/aromatic N) is 2. The van der Waals surface area contributed by atoms with Crippen molar-refractivity contribution in [1.29, 1.82) is 5.26 Å². The van der Waals surface area contributed by atoms with Gasteiger partial charge in [0.05, 0.1) is 12.0 Å². The van der Waals surface area contributed by atoms with Crippen LogP contribution < -0.4 is 5.32 Å². The first-order chi connectivity index (χ1) is 6.24. The van der Waals surface area contributed by atoms with Gasteiger partial charge in [0.1, 0.15) is 0 Å². The van der Waals surface area contributed by atoms with Gasteiger partial charge in [0.2, 0.25) is 0 Å². The number of piperidine rings is 1. The van der Waals surface area contributed by atoms with E-state index in [4.69, 9.17) is 5.26 Å². The highest BCUT2D eigenvalue weighted by molar-refractivity contribution is 4.84. The second-order valence-electron chi connectivity index (χ2n) is 3.95. The normalized spacial score (nSPS) is 21.4. The molecule has 1 saturated heterocycles. The Balaban J connectivity index is 2.29. The molecule has 1 rings (SSSR count). The van der Waals surface area contributed by atoms with Gasteiger partial charge >= 0.3 is 0 Å². The Morgan fingerprint density at radius 1 is 1.54 bits per heavy atom. The maximum atomic E-state index is 8.69. The third-order valence-electron chi connectivity index (χ3n) is 2.71. The molecule has 74 valence electrons. The van der Waals surface area contributed by atoms with Crippen LogP contribution in [0.2, 0.25) is 0 Å². The fraction of sp³-hybridized carbons (Fsp3) is 0.900. The van der Waals surface area contributed by atoms with E-state index < -0.39 is 0 Å². The van der Waals surface area contributed by atoms with Crippen LogP contribution in [0, 0.1) is 17.2 Å². The van der Waals surface area contributed by atoms with Gasteiger partial charge in [-0.25, -0.2) is 0 Å². The fourth-order valence-electron chi connectivity index (χ4n) is 1.87. The van der Waals surface area contributed by atoms with E-state index >= 15 is 0 Å². The van der Waals surface area contributed by atoms with Crippen molar-refractivity contribution in [3.8, 4) is 6.07 Å². The summed E-state index contributed by atoms with van der Waals surface area (Å²) in [7, 11) is 2.13. The first-order valence-electron chi connectivity index (χ1n) is 5.04. The Morgan fingerprint density at radius 3 is 2.69 bits per heavy atom. The molecule has 13 heavy (non-hydrogen) atoms. The summed E-state index contributed by atoms with van der Waals surface area (Å²) in [5.74, 6) is 0.153. The Hall–Kier alpha value is -0.590. The van der Waals surface area contributed by atoms with Crippen LogP contribution in [-0.4, -0.2) is 37.6 Å². The second kappa shape index (κ2) is 5.21. The maximum absolute atomic E-state index is 8.69. The monoisotopic (exact) mass is 181 g/mol. The molecular weight excluding hydrogens is 162 g/mol. The average Bonchev–Trinajstić information content (AvgIpc) is 2.19. The molecule has 3 nitrogen and oxygen atoms in total. The lowest BCUT2D eigenvalue weighted by Crippen LogP contribution is -2.42. The molecule has 0 aliphatic carbocycles. The Kier molecular flexibility index (Phi) is 4.20. The van der Waals surface area contributed by atoms with E-state index in [9.17, 15) is 0 Å². The molecule has 0 aromatic carbocycles. The lowest BCUT2D eigenvalue weighted by molar-refractivity contribution is 0.187. The Bertz CT molecular complexity index is 179. The maximum Gasteiger partial charge on any atom is 0.0666 e. The van der Waals surface area contributed by atoms with E-state index in [0.29, 0.717) is 6.04 Å². The largest absolute Gasteiger partial charge is 0.317 e. The molecule has 1 N–H and O–H groups in total. The van der Waals surface area contributed by atoms with E-state index in [-0.39, 0.29) is 5.92 Å². The van der Waals surface area contributed by atoms with E-state index in [0.717, 1.165) is 19.6 Å². The summed E-state index contributed by atoms with van der Waals surface area (Å²) in [5.41, 5.74) is 0. The number of nitrogens with one attached hydrogen (secondary N) is 1. The molecule has 0 radical (unpaired) electrons. The van der Waals surface area contributed by atoms with Crippen molar-refractivity contribution in [2.24, 2.45) is 5.92 Å². The molecule has 0 amide bonds. The Labute approximate surface area is 80.7 Å². The minimum Gasteiger partial charge on any atom is -0.317 e. The van der Waals surface area contributed by atoms with Crippen molar-refractivity contribution >= 4 is 0 Å². The summed E-state index contributed by atoms with van der Waals surface area (Å²) in [5, 5.41) is 12.0. The minimum absolute atomic E-state index is 0.153. The van der Waals surface area contributed by atoms with Crippen molar-refractivity contribution in [3.63, 3.8) is 0 Å². The van der Waals surface area contributed by atoms with Gasteiger partial charge in [0, 0.05) is 12.6 Å². The number of hydrogen-bond donors (Lipinski definition) is 1. The van der Waals surface area contributed by atoms with Crippen molar-refractivity contribution < 1.29 is 0 Å². The van der Waals surface area contributed by atoms with Crippen LogP contribution in [0.15, 0.2) is 0 Å². The second-order valence-corrected chi connectivity index (χ2v) is 3.95. The third kappa shape index (κ3) is 3.33. The number of nitriles is 1. The van der Waals surface area contributed by atoms with Gasteiger partial charge in [-0.05, 0) is 39.9 Å². The molecule has 0 saturated carbocycles. The summed E-state index contributed by atoms with van der Waals surface area (Å²) in [6.45, 7) is 5.13. The van der Waals surface area contributed by atoms with Crippen molar-refractivity contribution in [2.45, 2.75) is 25.8 Å². The van der Waals surface area contributed by atoms with Crippen LogP contribution in [0.5, 0.6) is 0 Å². The van der Waals surface area contributed by atoms with Crippen LogP contribution in [0.4, 0.5) is 0 Å². The zero-order chi connectivity index (χ0) is 9.68. The predicted molar refractivity (Wildman–Crippen MR) is 53.3 cm³/mol. The average molecular weight is 181 g/mol. The van der Waals surface area contributed by atoms with E-state index in [1.807, 2.05) is 6.92 Å². The van der Waals surface area contributed by atoms with Gasteiger partial charge in [0.15, 0.2) is 0 Å². The van der Waals surface area contributed by atoms with Gasteiger partial charge in [-0.15, -0.1) is 0 Å². The quantitative estimate of drug-likeness (QED) is 0.701. The third-order valence-corrected chi connectivity index (χ3v) is 2.71. The molecular formula is C10H19N3. The summed E-state index contributed by atoms with van der Waals surface area (Å²) in [6.07, 6.45) is 2.43. The summed E-state index contributed by atoms with van der Waals surface area (Å²) in [6, 6.07) is 2.96. The SMILES string of the molecule is CC(C#N)CN(C)C1CCNCC1. The van der Waals surface area contributed by atoms with Gasteiger partial charge < -0.3 is 10.2 Å². The smallest absolute Gasteiger partial charge is 0.0666 e. The van der Waals surface area contributed by atoms with Crippen LogP contribution in [-0.2, 0) is 0 Å². The molecule has 0 bridgehead atoms. The van der Waals surface area contributed by atoms with Gasteiger partial charge in [-0.1, -0.05) is 0 Å². The zero-order valence-corrected chi connectivity index (χ0v) is 8.58. The zero-order valence-electron chi connectivity index (χ0n) is 8.58. The highest BCUT2D eigenvalue weighted by atomic mass is 15.1. The number of hydrogen-bond acceptors (Lipinski definition) is 3. The first kappa shape index (κ1) is 10.5. The molecule has 0 spiro atoms. The van der Waals surface area contributed by atoms with E-state index in [2.05, 4.69) is 23.3 Å². The lowest BCUT2D eigenvalue weighted by Gasteiger charge is -2.32. The van der Waals surface area contributed by atoms with Crippen molar-refractivity contribution in [2.75, 3.05) is 26.7 Å². The van der Waals surface area contributed by atoms with Gasteiger partial charge in [-0.2, -0.15) is 5.26 Å². The van der Waals surface area contributed by atoms with Crippen LogP contribution in [0.1, 0.15) is 19.8 Å². The molecule has 0 aromatic rings. The first-order valence-corrected chi connectivity index (χ1v) is 5.04. The van der Waals surface area contributed by atoms with E-state index in [1.165, 1.54) is 12.8 Å². The van der Waals surface area contributed by atoms with Gasteiger partial charge in [-0.3, -0.25) is 0 Å². The molecule has 0 aromatic heterocycles. The van der Waals surface area contributed by atoms with Crippen LogP contribution in [0.3, 0.4) is 0 Å². The summed E-state index contributed by atoms with van der Waals surface area (Å²) >= 11 is 0. The highest BCUT2D eigenvalue weighted by Crippen LogP contribution is 2.11. The van der Waals surface area contributed by atoms with Crippen molar-refractivity contribution in [1.82, 2.24) is 10.2 Å². The van der Waals surface area contributed by atoms with Gasteiger partial charge in [0.25, 0.3) is 0 Å². The predicted octanol–water partition coefficient (Wildman–Crippen LogP) is 0.830. The molecule has 1 heterocycles. The molecule has 1 aliphatic rings. The number of rotatable bonds is 3. The highest BCUT2D eigenvalue weighted by Gasteiger charge is 2.18. The van der Waals surface area contributed by atoms with Crippen molar-refractivity contribution in [3.05, 3.63) is 0 Å². The topological polar surface area (TPSA) is 39.1 Å².